The van der Waals surface area contributed by atoms with Gasteiger partial charge in [-0.3, -0.25) is 4.79 Å². The molecule has 0 heterocycles. The number of benzene rings is 2. The molecule has 24 heavy (non-hydrogen) atoms. The average molecular weight is 333 g/mol. The number of hydrogen-bond donors (Lipinski definition) is 0. The molecule has 0 aliphatic carbocycles. The van der Waals surface area contributed by atoms with E-state index in [1.807, 2.05) is 0 Å². The van der Waals surface area contributed by atoms with Gasteiger partial charge in [-0.2, -0.15) is 18.4 Å². The van der Waals surface area contributed by atoms with Crippen molar-refractivity contribution >= 4 is 5.78 Å². The second kappa shape index (κ2) is 7.18. The lowest BCUT2D eigenvalue weighted by Crippen LogP contribution is -2.15. The first kappa shape index (κ1) is 17.5. The molecule has 0 aliphatic heterocycles. The molecule has 2 rings (SSSR count). The van der Waals surface area contributed by atoms with Gasteiger partial charge in [0.1, 0.15) is 11.7 Å². The van der Waals surface area contributed by atoms with Crippen molar-refractivity contribution < 1.29 is 22.7 Å². The van der Waals surface area contributed by atoms with E-state index in [1.165, 1.54) is 13.2 Å². The van der Waals surface area contributed by atoms with Crippen LogP contribution in [0.1, 0.15) is 22.6 Å². The third-order valence-corrected chi connectivity index (χ3v) is 3.50. The Morgan fingerprint density at radius 2 is 1.88 bits per heavy atom. The summed E-state index contributed by atoms with van der Waals surface area (Å²) in [7, 11) is 1.23. The van der Waals surface area contributed by atoms with Gasteiger partial charge in [-0.15, -0.1) is 0 Å². The summed E-state index contributed by atoms with van der Waals surface area (Å²) in [6, 6.07) is 13.5. The average Bonchev–Trinajstić information content (AvgIpc) is 2.55. The second-order valence-corrected chi connectivity index (χ2v) is 5.18. The third kappa shape index (κ3) is 4.13. The van der Waals surface area contributed by atoms with E-state index in [0.29, 0.717) is 5.56 Å². The molecule has 3 nitrogen and oxygen atoms in total. The van der Waals surface area contributed by atoms with E-state index in [2.05, 4.69) is 0 Å². The molecule has 0 radical (unpaired) electrons. The minimum atomic E-state index is -4.59. The number of hydrogen-bond acceptors (Lipinski definition) is 3. The van der Waals surface area contributed by atoms with Crippen molar-refractivity contribution in [2.24, 2.45) is 0 Å². The smallest absolute Gasteiger partial charge is 0.416 e. The van der Waals surface area contributed by atoms with Gasteiger partial charge in [-0.05, 0) is 29.3 Å². The Bertz CT molecular complexity index is 764. The molecule has 0 spiro atoms. The number of nitriles is 1. The van der Waals surface area contributed by atoms with Crippen molar-refractivity contribution in [2.45, 2.75) is 18.5 Å². The molecule has 124 valence electrons. The van der Waals surface area contributed by atoms with Gasteiger partial charge in [-0.25, -0.2) is 0 Å². The van der Waals surface area contributed by atoms with Crippen molar-refractivity contribution in [3.63, 3.8) is 0 Å². The minimum Gasteiger partial charge on any atom is -0.497 e. The monoisotopic (exact) mass is 333 g/mol. The molecule has 1 unspecified atom stereocenters. The van der Waals surface area contributed by atoms with Crippen LogP contribution < -0.4 is 4.74 Å². The number of carbonyl (C=O) groups is 1. The molecule has 0 fully saturated rings. The summed E-state index contributed by atoms with van der Waals surface area (Å²) < 4.78 is 43.8. The number of rotatable bonds is 5. The largest absolute Gasteiger partial charge is 0.497 e. The summed E-state index contributed by atoms with van der Waals surface area (Å²) in [4.78, 5) is 12.4. The lowest BCUT2D eigenvalue weighted by atomic mass is 9.91. The van der Waals surface area contributed by atoms with Gasteiger partial charge in [0.2, 0.25) is 0 Å². The summed E-state index contributed by atoms with van der Waals surface area (Å²) >= 11 is 0. The molecule has 1 atom stereocenters. The van der Waals surface area contributed by atoms with E-state index in [1.54, 1.807) is 36.4 Å². The maximum Gasteiger partial charge on any atom is 0.416 e. The molecule has 0 aromatic heterocycles. The fourth-order valence-corrected chi connectivity index (χ4v) is 2.30. The van der Waals surface area contributed by atoms with E-state index in [4.69, 9.17) is 4.74 Å². The van der Waals surface area contributed by atoms with E-state index in [0.717, 1.165) is 12.1 Å². The van der Waals surface area contributed by atoms with Gasteiger partial charge < -0.3 is 4.74 Å². The molecule has 6 heteroatoms. The lowest BCUT2D eigenvalue weighted by molar-refractivity contribution is -0.137. The number of nitrogens with zero attached hydrogens (tertiary/aromatic N) is 1. The van der Waals surface area contributed by atoms with Gasteiger partial charge in [0.25, 0.3) is 0 Å². The van der Waals surface area contributed by atoms with Crippen LogP contribution in [0, 0.1) is 11.3 Å². The van der Waals surface area contributed by atoms with E-state index in [-0.39, 0.29) is 17.7 Å². The topological polar surface area (TPSA) is 50.1 Å². The van der Waals surface area contributed by atoms with Gasteiger partial charge >= 0.3 is 6.18 Å². The van der Waals surface area contributed by atoms with Crippen LogP contribution in [0.5, 0.6) is 5.75 Å². The third-order valence-electron chi connectivity index (χ3n) is 3.50. The highest BCUT2D eigenvalue weighted by molar-refractivity contribution is 5.90. The fourth-order valence-electron chi connectivity index (χ4n) is 2.30. The Labute approximate surface area is 137 Å². The number of alkyl halides is 3. The van der Waals surface area contributed by atoms with Crippen LogP contribution in [-0.4, -0.2) is 12.9 Å². The van der Waals surface area contributed by atoms with E-state index in [9.17, 15) is 23.2 Å². The zero-order chi connectivity index (χ0) is 17.7. The molecule has 0 saturated heterocycles. The number of Topliss-reactive ketones (excluding diaryl/α,β-unsaturated/α-hetero) is 1. The van der Waals surface area contributed by atoms with Crippen molar-refractivity contribution in [3.8, 4) is 11.8 Å². The van der Waals surface area contributed by atoms with Crippen LogP contribution in [0.25, 0.3) is 0 Å². The predicted molar refractivity (Wildman–Crippen MR) is 81.5 cm³/mol. The summed E-state index contributed by atoms with van der Waals surface area (Å²) in [5.74, 6) is -1.81. The number of ketones is 1. The Morgan fingerprint density at radius 3 is 2.42 bits per heavy atom. The highest BCUT2D eigenvalue weighted by atomic mass is 19.4. The predicted octanol–water partition coefficient (Wildman–Crippen LogP) is 4.13. The Hall–Kier alpha value is -2.81. The van der Waals surface area contributed by atoms with E-state index < -0.39 is 23.4 Å². The van der Waals surface area contributed by atoms with Crippen LogP contribution in [0.2, 0.25) is 0 Å². The van der Waals surface area contributed by atoms with Gasteiger partial charge in [0, 0.05) is 6.42 Å². The Balaban J connectivity index is 2.36. The lowest BCUT2D eigenvalue weighted by Gasteiger charge is -2.14. The SMILES string of the molecule is COc1cc(C(C#N)C(=O)Cc2ccccc2)cc(C(F)(F)F)c1. The summed E-state index contributed by atoms with van der Waals surface area (Å²) in [5, 5.41) is 9.29. The normalized spacial score (nSPS) is 12.3. The molecule has 0 amide bonds. The van der Waals surface area contributed by atoms with Crippen molar-refractivity contribution in [1.82, 2.24) is 0 Å². The van der Waals surface area contributed by atoms with Gasteiger partial charge in [0.05, 0.1) is 18.7 Å². The summed E-state index contributed by atoms with van der Waals surface area (Å²) in [6.45, 7) is 0. The summed E-state index contributed by atoms with van der Waals surface area (Å²) in [5.41, 5.74) is -0.281. The number of halogens is 3. The molecule has 2 aromatic carbocycles. The van der Waals surface area contributed by atoms with Gasteiger partial charge in [-0.1, -0.05) is 30.3 Å². The maximum atomic E-state index is 13.0. The minimum absolute atomic E-state index is 0.0230. The van der Waals surface area contributed by atoms with Crippen LogP contribution in [0.4, 0.5) is 13.2 Å². The first-order chi connectivity index (χ1) is 11.3. The van der Waals surface area contributed by atoms with Gasteiger partial charge in [0.15, 0.2) is 5.78 Å². The van der Waals surface area contributed by atoms with Crippen molar-refractivity contribution in [3.05, 3.63) is 65.2 Å². The number of methoxy groups -OCH3 is 1. The first-order valence-corrected chi connectivity index (χ1v) is 7.07. The number of carbonyl (C=O) groups excluding carboxylic acids is 1. The molecule has 0 bridgehead atoms. The van der Waals surface area contributed by atoms with Crippen molar-refractivity contribution in [1.29, 1.82) is 5.26 Å². The second-order valence-electron chi connectivity index (χ2n) is 5.18. The molecule has 2 aromatic rings. The van der Waals surface area contributed by atoms with Crippen molar-refractivity contribution in [2.75, 3.05) is 7.11 Å². The van der Waals surface area contributed by atoms with Crippen LogP contribution in [0.15, 0.2) is 48.5 Å². The Kier molecular flexibility index (Phi) is 5.24. The molecule has 0 aliphatic rings. The zero-order valence-corrected chi connectivity index (χ0v) is 12.8. The molecule has 0 N–H and O–H groups in total. The summed E-state index contributed by atoms with van der Waals surface area (Å²) in [6.07, 6.45) is -4.62. The van der Waals surface area contributed by atoms with Crippen LogP contribution in [-0.2, 0) is 17.4 Å². The fraction of sp³-hybridized carbons (Fsp3) is 0.222. The molecular weight excluding hydrogens is 319 g/mol. The first-order valence-electron chi connectivity index (χ1n) is 7.07. The maximum absolute atomic E-state index is 13.0. The Morgan fingerprint density at radius 1 is 1.21 bits per heavy atom. The van der Waals surface area contributed by atoms with E-state index >= 15 is 0 Å². The quantitative estimate of drug-likeness (QED) is 0.826. The molecule has 0 saturated carbocycles. The van der Waals surface area contributed by atoms with Crippen LogP contribution >= 0.6 is 0 Å². The highest BCUT2D eigenvalue weighted by Gasteiger charge is 2.33. The highest BCUT2D eigenvalue weighted by Crippen LogP contribution is 2.34. The molecular formula is C18H14F3NO2. The van der Waals surface area contributed by atoms with Crippen LogP contribution in [0.3, 0.4) is 0 Å². The zero-order valence-electron chi connectivity index (χ0n) is 12.8. The standard InChI is InChI=1S/C18H14F3NO2/c1-24-15-9-13(8-14(10-15)18(19,20)21)16(11-22)17(23)7-12-5-3-2-4-6-12/h2-6,8-10,16H,7H2,1H3. The number of ether oxygens (including phenoxy) is 1.